The highest BCUT2D eigenvalue weighted by atomic mass is 19.3. The number of hydrogen-bond donors (Lipinski definition) is 6. The van der Waals surface area contributed by atoms with Crippen molar-refractivity contribution in [2.45, 2.75) is 44.2 Å². The minimum Gasteiger partial charge on any atom is -0.480 e. The number of likely N-dealkylation sites (tertiary alicyclic amines) is 1. The molecule has 0 unspecified atom stereocenters. The summed E-state index contributed by atoms with van der Waals surface area (Å²) in [5, 5.41) is 38.6. The molecule has 0 aliphatic carbocycles. The molecular formula is C42H50F2N10O9. The summed E-state index contributed by atoms with van der Waals surface area (Å²) in [6.45, 7) is 2.23. The highest BCUT2D eigenvalue weighted by Gasteiger charge is 2.47. The number of carboxylic acid groups (broad SMARTS) is 2. The van der Waals surface area contributed by atoms with Crippen LogP contribution in [-0.2, 0) is 41.7 Å². The number of aromatic nitrogens is 1. The largest absolute Gasteiger partial charge is 0.480 e. The Kier molecular flexibility index (Phi) is 16.9. The van der Waals surface area contributed by atoms with E-state index in [1.807, 2.05) is 24.3 Å². The van der Waals surface area contributed by atoms with E-state index in [0.717, 1.165) is 16.0 Å². The lowest BCUT2D eigenvalue weighted by atomic mass is 10.1. The topological polar surface area (TPSA) is 258 Å². The molecule has 6 N–H and O–H groups in total. The molecule has 5 rings (SSSR count). The summed E-state index contributed by atoms with van der Waals surface area (Å²) in [5.41, 5.74) is 2.37. The Hall–Kier alpha value is -6.63. The lowest BCUT2D eigenvalue weighted by molar-refractivity contribution is -0.140. The van der Waals surface area contributed by atoms with Crippen LogP contribution in [0.3, 0.4) is 0 Å². The van der Waals surface area contributed by atoms with Crippen molar-refractivity contribution in [3.05, 3.63) is 71.4 Å². The number of hydrogen-bond acceptors (Lipinski definition) is 12. The fourth-order valence-electron chi connectivity index (χ4n) is 7.26. The van der Waals surface area contributed by atoms with Gasteiger partial charge in [-0.2, -0.15) is 5.26 Å². The number of benzene rings is 2. The predicted octanol–water partition coefficient (Wildman–Crippen LogP) is 0.507. The van der Waals surface area contributed by atoms with Crippen LogP contribution < -0.4 is 21.3 Å². The van der Waals surface area contributed by atoms with E-state index in [1.165, 1.54) is 12.3 Å². The van der Waals surface area contributed by atoms with Gasteiger partial charge in [0.05, 0.1) is 55.4 Å². The Morgan fingerprint density at radius 1 is 0.762 bits per heavy atom. The van der Waals surface area contributed by atoms with Crippen molar-refractivity contribution in [3.8, 4) is 6.07 Å². The number of amides is 5. The second-order valence-electron chi connectivity index (χ2n) is 15.3. The molecular weight excluding hydrogens is 827 g/mol. The number of carbonyl (C=O) groups is 7. The molecule has 5 amide bonds. The number of rotatable bonds is 18. The van der Waals surface area contributed by atoms with Crippen LogP contribution in [0.1, 0.15) is 40.7 Å². The highest BCUT2D eigenvalue weighted by Crippen LogP contribution is 2.31. The first kappa shape index (κ1) is 47.4. The zero-order chi connectivity index (χ0) is 45.5. The Labute approximate surface area is 361 Å². The van der Waals surface area contributed by atoms with Crippen LogP contribution in [0.25, 0.3) is 10.9 Å². The lowest BCUT2D eigenvalue weighted by Gasteiger charge is -2.25. The number of carbonyl (C=O) groups excluding carboxylic acids is 5. The van der Waals surface area contributed by atoms with Gasteiger partial charge in [0.15, 0.2) is 0 Å². The van der Waals surface area contributed by atoms with Gasteiger partial charge in [-0.15, -0.1) is 0 Å². The number of carboxylic acids is 2. The van der Waals surface area contributed by atoms with Gasteiger partial charge in [0.25, 0.3) is 11.8 Å². The molecule has 0 radical (unpaired) electrons. The maximum absolute atomic E-state index is 13.8. The first-order chi connectivity index (χ1) is 30.1. The molecule has 3 heterocycles. The second kappa shape index (κ2) is 22.5. The third kappa shape index (κ3) is 14.8. The van der Waals surface area contributed by atoms with Crippen LogP contribution in [-0.4, -0.2) is 167 Å². The van der Waals surface area contributed by atoms with Gasteiger partial charge in [0.1, 0.15) is 6.04 Å². The van der Waals surface area contributed by atoms with Crippen LogP contribution >= 0.6 is 0 Å². The van der Waals surface area contributed by atoms with Crippen LogP contribution in [0.15, 0.2) is 54.7 Å². The van der Waals surface area contributed by atoms with Crippen molar-refractivity contribution < 1.29 is 52.6 Å². The van der Waals surface area contributed by atoms with Crippen molar-refractivity contribution >= 4 is 58.1 Å². The maximum atomic E-state index is 13.8. The SMILES string of the molecule is N#C[C@@H]1CC(F)(F)CN1C(=O)CNC(=O)c1ccnc2c(NC(=O)CCC(=O)NCCNC(=O)Cc3ccc(CN4CCN(CC(=O)O)CCN(CC(=O)O)CC4)cc3)cccc12. The summed E-state index contributed by atoms with van der Waals surface area (Å²) in [4.78, 5) is 97.0. The summed E-state index contributed by atoms with van der Waals surface area (Å²) in [6, 6.07) is 14.0. The Morgan fingerprint density at radius 3 is 1.97 bits per heavy atom. The van der Waals surface area contributed by atoms with E-state index in [1.54, 1.807) is 34.1 Å². The van der Waals surface area contributed by atoms with E-state index < -0.39 is 67.0 Å². The molecule has 63 heavy (non-hydrogen) atoms. The molecule has 2 aliphatic heterocycles. The summed E-state index contributed by atoms with van der Waals surface area (Å²) in [6.07, 6.45) is 0.318. The standard InChI is InChI=1S/C42H50F2N10O9/c43-42(44)21-30(22-45)54(27-42)37(58)23-49-41(63)32-10-11-48-40-31(32)2-1-3-33(40)50-35(56)9-8-34(55)46-12-13-47-36(57)20-28-4-6-29(7-5-28)24-51-14-16-52(25-38(59)60)18-19-53(17-15-51)26-39(61)62/h1-7,10-11,30H,8-9,12-21,23-27H2,(H,46,55)(H,47,57)(H,49,63)(H,50,56)(H,59,60)(H,61,62)/t30-/m0/s1. The normalized spacial score (nSPS) is 17.1. The highest BCUT2D eigenvalue weighted by molar-refractivity contribution is 6.10. The van der Waals surface area contributed by atoms with Crippen molar-refractivity contribution in [3.63, 3.8) is 0 Å². The molecule has 1 aromatic heterocycles. The van der Waals surface area contributed by atoms with Gasteiger partial charge in [0, 0.05) is 89.7 Å². The number of halogens is 2. The lowest BCUT2D eigenvalue weighted by Crippen LogP contribution is -2.43. The Balaban J connectivity index is 1.01. The second-order valence-corrected chi connectivity index (χ2v) is 15.3. The maximum Gasteiger partial charge on any atom is 0.317 e. The number of pyridine rings is 1. The van der Waals surface area contributed by atoms with Crippen molar-refractivity contribution in [2.75, 3.05) is 83.9 Å². The van der Waals surface area contributed by atoms with Crippen molar-refractivity contribution in [1.82, 2.24) is 40.5 Å². The molecule has 19 nitrogen and oxygen atoms in total. The van der Waals surface area contributed by atoms with Gasteiger partial charge in [0.2, 0.25) is 23.6 Å². The summed E-state index contributed by atoms with van der Waals surface area (Å²) in [7, 11) is 0. The number of nitrogens with zero attached hydrogens (tertiary/aromatic N) is 6. The zero-order valence-corrected chi connectivity index (χ0v) is 34.5. The van der Waals surface area contributed by atoms with E-state index in [2.05, 4.69) is 31.2 Å². The molecule has 336 valence electrons. The number of nitrogens with one attached hydrogen (secondary N) is 4. The van der Waals surface area contributed by atoms with E-state index in [9.17, 15) is 52.6 Å². The van der Waals surface area contributed by atoms with Gasteiger partial charge < -0.3 is 36.4 Å². The van der Waals surface area contributed by atoms with Crippen molar-refractivity contribution in [1.29, 1.82) is 5.26 Å². The number of aliphatic carboxylic acids is 2. The first-order valence-corrected chi connectivity index (χ1v) is 20.3. The van der Waals surface area contributed by atoms with E-state index in [4.69, 9.17) is 5.26 Å². The van der Waals surface area contributed by atoms with Gasteiger partial charge in [-0.3, -0.25) is 53.2 Å². The average molecular weight is 877 g/mol. The Bertz CT molecular complexity index is 2180. The monoisotopic (exact) mass is 876 g/mol. The minimum absolute atomic E-state index is 0.103. The molecule has 2 saturated heterocycles. The fourth-order valence-corrected chi connectivity index (χ4v) is 7.26. The molecule has 2 fully saturated rings. The predicted molar refractivity (Wildman–Crippen MR) is 222 cm³/mol. The number of anilines is 1. The minimum atomic E-state index is -3.20. The summed E-state index contributed by atoms with van der Waals surface area (Å²) < 4.78 is 27.6. The molecule has 0 bridgehead atoms. The van der Waals surface area contributed by atoms with E-state index in [0.29, 0.717) is 51.2 Å². The number of alkyl halides is 2. The quantitative estimate of drug-likeness (QED) is 0.0953. The van der Waals surface area contributed by atoms with Gasteiger partial charge >= 0.3 is 11.9 Å². The molecule has 2 aromatic carbocycles. The van der Waals surface area contributed by atoms with Crippen molar-refractivity contribution in [2.24, 2.45) is 0 Å². The van der Waals surface area contributed by atoms with Crippen LogP contribution in [0, 0.1) is 11.3 Å². The van der Waals surface area contributed by atoms with Gasteiger partial charge in [-0.1, -0.05) is 36.4 Å². The third-order valence-electron chi connectivity index (χ3n) is 10.5. The number of fused-ring (bicyclic) bond motifs is 1. The molecule has 2 aliphatic rings. The Morgan fingerprint density at radius 2 is 1.35 bits per heavy atom. The molecule has 1 atom stereocenters. The van der Waals surface area contributed by atoms with E-state index >= 15 is 0 Å². The summed E-state index contributed by atoms with van der Waals surface area (Å²) >= 11 is 0. The molecule has 3 aromatic rings. The third-order valence-corrected chi connectivity index (χ3v) is 10.5. The average Bonchev–Trinajstić information content (AvgIpc) is 3.60. The molecule has 21 heteroatoms. The van der Waals surface area contributed by atoms with Gasteiger partial charge in [-0.05, 0) is 23.3 Å². The number of para-hydroxylation sites is 1. The summed E-state index contributed by atoms with van der Waals surface area (Å²) in [5.74, 6) is -7.78. The molecule has 0 saturated carbocycles. The molecule has 0 spiro atoms. The van der Waals surface area contributed by atoms with Gasteiger partial charge in [-0.25, -0.2) is 8.78 Å². The first-order valence-electron chi connectivity index (χ1n) is 20.3. The number of nitriles is 1. The zero-order valence-electron chi connectivity index (χ0n) is 34.5. The smallest absolute Gasteiger partial charge is 0.317 e. The van der Waals surface area contributed by atoms with E-state index in [-0.39, 0.29) is 68.1 Å². The van der Waals surface area contributed by atoms with Crippen LogP contribution in [0.2, 0.25) is 0 Å². The van der Waals surface area contributed by atoms with Crippen LogP contribution in [0.5, 0.6) is 0 Å². The van der Waals surface area contributed by atoms with Crippen LogP contribution in [0.4, 0.5) is 14.5 Å². The fraction of sp³-hybridized carbons (Fsp3) is 0.452.